The summed E-state index contributed by atoms with van der Waals surface area (Å²) in [4.78, 5) is 10.2. The first-order chi connectivity index (χ1) is 22.5. The quantitative estimate of drug-likeness (QED) is 0.196. The number of nitrogens with zero attached hydrogens (tertiary/aromatic N) is 3. The molecule has 5 aromatic carbocycles. The highest BCUT2D eigenvalue weighted by Gasteiger charge is 2.25. The zero-order chi connectivity index (χ0) is 34.6. The number of hydrogen-bond acceptors (Lipinski definition) is 5. The van der Waals surface area contributed by atoms with Gasteiger partial charge in [0.1, 0.15) is 11.3 Å². The Kier molecular flexibility index (Phi) is 8.04. The van der Waals surface area contributed by atoms with E-state index in [-0.39, 0.29) is 22.0 Å². The van der Waals surface area contributed by atoms with Crippen LogP contribution < -0.4 is 0 Å². The summed E-state index contributed by atoms with van der Waals surface area (Å²) in [7, 11) is 0. The van der Waals surface area contributed by atoms with Gasteiger partial charge in [-0.05, 0) is 74.7 Å². The topological polar surface area (TPSA) is 82.4 Å². The first kappa shape index (κ1) is 32.7. The standard InChI is InChI=1S/C43H43N3O2/c1-41(2,3)30-20-29(39(47)35(22-30)43(7,8)9)25-45-37-32-13-11-10-12-27(32)18-19-33(37)40-46-38-34(28-16-14-26(24-44)15-17-28)21-31(42(4,5)6)23-36(38)48-40/h10-23,25,47H,1-9H3. The van der Waals surface area contributed by atoms with Gasteiger partial charge >= 0.3 is 0 Å². The normalized spacial score (nSPS) is 12.7. The number of phenolic OH excluding ortho intramolecular Hbond substituents is 1. The highest BCUT2D eigenvalue weighted by atomic mass is 16.3. The lowest BCUT2D eigenvalue weighted by Gasteiger charge is -2.27. The molecule has 0 aliphatic carbocycles. The summed E-state index contributed by atoms with van der Waals surface area (Å²) in [5.41, 5.74) is 8.74. The molecule has 0 saturated heterocycles. The minimum Gasteiger partial charge on any atom is -0.507 e. The highest BCUT2D eigenvalue weighted by molar-refractivity contribution is 6.03. The number of oxazole rings is 1. The van der Waals surface area contributed by atoms with Crippen molar-refractivity contribution in [3.05, 3.63) is 113 Å². The Morgan fingerprint density at radius 3 is 2.06 bits per heavy atom. The largest absolute Gasteiger partial charge is 0.507 e. The average molecular weight is 634 g/mol. The third kappa shape index (κ3) is 6.23. The SMILES string of the molecule is CC(C)(C)c1cc(C=Nc2c(-c3nc4c(-c5ccc(C#N)cc5)cc(C(C)(C)C)cc4o3)ccc3ccccc23)c(O)c(C(C)(C)C)c1. The molecule has 1 N–H and O–H groups in total. The Hall–Kier alpha value is -5.21. The van der Waals surface area contributed by atoms with Gasteiger partial charge in [-0.15, -0.1) is 0 Å². The highest BCUT2D eigenvalue weighted by Crippen LogP contribution is 2.42. The number of benzene rings is 5. The van der Waals surface area contributed by atoms with Crippen LogP contribution in [0.4, 0.5) is 5.69 Å². The molecule has 1 heterocycles. The molecule has 0 aliphatic rings. The number of aromatic nitrogens is 1. The molecule has 0 atom stereocenters. The lowest BCUT2D eigenvalue weighted by Crippen LogP contribution is -2.17. The molecule has 48 heavy (non-hydrogen) atoms. The Balaban J connectivity index is 1.58. The van der Waals surface area contributed by atoms with Crippen LogP contribution in [0, 0.1) is 11.3 Å². The first-order valence-corrected chi connectivity index (χ1v) is 16.4. The number of hydrogen-bond donors (Lipinski definition) is 1. The maximum absolute atomic E-state index is 11.5. The van der Waals surface area contributed by atoms with Crippen molar-refractivity contribution >= 4 is 33.8 Å². The number of aliphatic imine (C=N–C) groups is 1. The molecule has 0 spiro atoms. The minimum atomic E-state index is -0.255. The zero-order valence-corrected chi connectivity index (χ0v) is 29.4. The summed E-state index contributed by atoms with van der Waals surface area (Å²) in [5.74, 6) is 0.705. The van der Waals surface area contributed by atoms with E-state index in [4.69, 9.17) is 14.4 Å². The van der Waals surface area contributed by atoms with Crippen LogP contribution >= 0.6 is 0 Å². The van der Waals surface area contributed by atoms with E-state index in [2.05, 4.69) is 105 Å². The van der Waals surface area contributed by atoms with Gasteiger partial charge in [0.2, 0.25) is 5.89 Å². The van der Waals surface area contributed by atoms with E-state index in [1.165, 1.54) is 0 Å². The minimum absolute atomic E-state index is 0.113. The maximum atomic E-state index is 11.5. The second-order valence-electron chi connectivity index (χ2n) is 15.7. The summed E-state index contributed by atoms with van der Waals surface area (Å²) >= 11 is 0. The summed E-state index contributed by atoms with van der Waals surface area (Å²) in [6, 6.07) is 30.4. The summed E-state index contributed by atoms with van der Waals surface area (Å²) in [6.45, 7) is 19.4. The van der Waals surface area contributed by atoms with E-state index >= 15 is 0 Å². The third-order valence-corrected chi connectivity index (χ3v) is 8.96. The molecule has 5 nitrogen and oxygen atoms in total. The van der Waals surface area contributed by atoms with E-state index in [9.17, 15) is 10.4 Å². The van der Waals surface area contributed by atoms with Crippen molar-refractivity contribution < 1.29 is 9.52 Å². The van der Waals surface area contributed by atoms with Crippen LogP contribution in [0.2, 0.25) is 0 Å². The van der Waals surface area contributed by atoms with Gasteiger partial charge in [-0.1, -0.05) is 111 Å². The third-order valence-electron chi connectivity index (χ3n) is 8.96. The summed E-state index contributed by atoms with van der Waals surface area (Å²) < 4.78 is 6.60. The van der Waals surface area contributed by atoms with Gasteiger partial charge < -0.3 is 9.52 Å². The van der Waals surface area contributed by atoms with Gasteiger partial charge in [0.15, 0.2) is 5.58 Å². The number of aromatic hydroxyl groups is 1. The molecule has 0 unspecified atom stereocenters. The van der Waals surface area contributed by atoms with Crippen LogP contribution in [0.25, 0.3) is 44.5 Å². The van der Waals surface area contributed by atoms with Crippen molar-refractivity contribution in [1.82, 2.24) is 4.98 Å². The molecule has 0 bridgehead atoms. The Bertz CT molecular complexity index is 2240. The molecule has 5 heteroatoms. The lowest BCUT2D eigenvalue weighted by molar-refractivity contribution is 0.444. The molecular weight excluding hydrogens is 590 g/mol. The summed E-state index contributed by atoms with van der Waals surface area (Å²) in [5, 5.41) is 22.9. The predicted molar refractivity (Wildman–Crippen MR) is 199 cm³/mol. The van der Waals surface area contributed by atoms with Gasteiger partial charge in [0.05, 0.1) is 22.9 Å². The predicted octanol–water partition coefficient (Wildman–Crippen LogP) is 11.5. The number of rotatable bonds is 4. The van der Waals surface area contributed by atoms with Crippen LogP contribution in [-0.2, 0) is 16.2 Å². The summed E-state index contributed by atoms with van der Waals surface area (Å²) in [6.07, 6.45) is 1.77. The van der Waals surface area contributed by atoms with Gasteiger partial charge in [-0.3, -0.25) is 4.99 Å². The molecule has 242 valence electrons. The van der Waals surface area contributed by atoms with Crippen molar-refractivity contribution in [2.45, 2.75) is 78.6 Å². The maximum Gasteiger partial charge on any atom is 0.229 e. The monoisotopic (exact) mass is 633 g/mol. The molecule has 1 aromatic heterocycles. The van der Waals surface area contributed by atoms with E-state index in [1.54, 1.807) is 6.21 Å². The molecule has 0 amide bonds. The van der Waals surface area contributed by atoms with Crippen LogP contribution in [0.1, 0.15) is 90.1 Å². The Morgan fingerprint density at radius 2 is 1.42 bits per heavy atom. The fourth-order valence-corrected chi connectivity index (χ4v) is 5.98. The Morgan fingerprint density at radius 1 is 0.750 bits per heavy atom. The van der Waals surface area contributed by atoms with E-state index < -0.39 is 0 Å². The van der Waals surface area contributed by atoms with Crippen molar-refractivity contribution in [2.24, 2.45) is 4.99 Å². The molecule has 0 fully saturated rings. The van der Waals surface area contributed by atoms with Crippen molar-refractivity contribution in [1.29, 1.82) is 5.26 Å². The van der Waals surface area contributed by atoms with E-state index in [0.29, 0.717) is 28.3 Å². The van der Waals surface area contributed by atoms with Crippen molar-refractivity contribution in [2.75, 3.05) is 0 Å². The van der Waals surface area contributed by atoms with Gasteiger partial charge in [0.25, 0.3) is 0 Å². The zero-order valence-electron chi connectivity index (χ0n) is 29.4. The van der Waals surface area contributed by atoms with Crippen LogP contribution in [-0.4, -0.2) is 16.3 Å². The molecular formula is C43H43N3O2. The fraction of sp³-hybridized carbons (Fsp3) is 0.279. The smallest absolute Gasteiger partial charge is 0.229 e. The first-order valence-electron chi connectivity index (χ1n) is 16.4. The Labute approximate surface area is 283 Å². The number of phenols is 1. The lowest BCUT2D eigenvalue weighted by atomic mass is 9.79. The van der Waals surface area contributed by atoms with E-state index in [0.717, 1.165) is 49.7 Å². The molecule has 6 aromatic rings. The second-order valence-corrected chi connectivity index (χ2v) is 15.7. The second kappa shape index (κ2) is 11.8. The average Bonchev–Trinajstić information content (AvgIpc) is 3.46. The molecule has 6 rings (SSSR count). The number of nitriles is 1. The molecule has 0 aliphatic heterocycles. The van der Waals surface area contributed by atoms with Gasteiger partial charge in [0, 0.05) is 28.3 Å². The molecule has 0 radical (unpaired) electrons. The van der Waals surface area contributed by atoms with Crippen molar-refractivity contribution in [3.8, 4) is 34.4 Å². The van der Waals surface area contributed by atoms with Crippen LogP contribution in [0.5, 0.6) is 5.75 Å². The van der Waals surface area contributed by atoms with Crippen LogP contribution in [0.15, 0.2) is 94.3 Å². The van der Waals surface area contributed by atoms with E-state index in [1.807, 2.05) is 48.5 Å². The van der Waals surface area contributed by atoms with Crippen molar-refractivity contribution in [3.63, 3.8) is 0 Å². The van der Waals surface area contributed by atoms with Crippen LogP contribution in [0.3, 0.4) is 0 Å². The van der Waals surface area contributed by atoms with Gasteiger partial charge in [-0.25, -0.2) is 4.98 Å². The molecule has 0 saturated carbocycles. The van der Waals surface area contributed by atoms with Gasteiger partial charge in [-0.2, -0.15) is 5.26 Å². The number of fused-ring (bicyclic) bond motifs is 2. The fourth-order valence-electron chi connectivity index (χ4n) is 5.98.